The number of imide groups is 1. The van der Waals surface area contributed by atoms with Crippen LogP contribution in [0.5, 0.6) is 11.8 Å². The van der Waals surface area contributed by atoms with Crippen LogP contribution in [0.1, 0.15) is 56.0 Å². The number of nitrogens with one attached hydrogen (secondary N) is 2. The van der Waals surface area contributed by atoms with E-state index in [0.29, 0.717) is 56.6 Å². The number of hydrogen-bond acceptors (Lipinski definition) is 14. The number of aliphatic carboxylic acids is 1. The first-order valence-corrected chi connectivity index (χ1v) is 23.3. The molecule has 0 fully saturated rings. The quantitative estimate of drug-likeness (QED) is 0.0567. The molecule has 3 aromatic carbocycles. The van der Waals surface area contributed by atoms with E-state index in [1.165, 1.54) is 43.2 Å². The number of hydrogen-bond donors (Lipinski definition) is 3. The van der Waals surface area contributed by atoms with E-state index in [4.69, 9.17) is 54.1 Å². The van der Waals surface area contributed by atoms with E-state index in [2.05, 4.69) is 25.3 Å². The summed E-state index contributed by atoms with van der Waals surface area (Å²) in [7, 11) is -3.14. The molecule has 0 atom stereocenters. The molecule has 3 heterocycles. The Kier molecular flexibility index (Phi) is 18.6. The molecule has 0 bridgehead atoms. The van der Waals surface area contributed by atoms with Gasteiger partial charge >= 0.3 is 30.2 Å². The van der Waals surface area contributed by atoms with Crippen molar-refractivity contribution in [3.63, 3.8) is 0 Å². The number of carbonyl (C=O) groups is 5. The number of carboxylic acids is 1. The zero-order valence-electron chi connectivity index (χ0n) is 37.1. The van der Waals surface area contributed by atoms with Crippen LogP contribution >= 0.6 is 34.8 Å². The van der Waals surface area contributed by atoms with E-state index >= 15 is 0 Å². The van der Waals surface area contributed by atoms with E-state index in [1.54, 1.807) is 60.3 Å². The molecule has 1 aliphatic heterocycles. The molecule has 7 rings (SSSR count). The number of amides is 4. The number of sulfonamides is 1. The maximum absolute atomic E-state index is 12.7. The molecule has 25 heteroatoms. The minimum Gasteiger partial charge on any atom is -0.480 e. The topological polar surface area (TPSA) is 246 Å². The fourth-order valence-corrected chi connectivity index (χ4v) is 8.41. The van der Waals surface area contributed by atoms with Crippen molar-refractivity contribution in [2.45, 2.75) is 63.4 Å². The summed E-state index contributed by atoms with van der Waals surface area (Å²) < 4.78 is 78.7. The summed E-state index contributed by atoms with van der Waals surface area (Å²) >= 11 is 18.1. The molecule has 4 amide bonds. The largest absolute Gasteiger partial charge is 0.480 e. The number of rotatable bonds is 13. The predicted molar refractivity (Wildman–Crippen MR) is 251 cm³/mol. The van der Waals surface area contributed by atoms with Crippen LogP contribution in [0, 0.1) is 6.92 Å². The highest BCUT2D eigenvalue weighted by Crippen LogP contribution is 2.37. The number of pyridine rings is 1. The number of esters is 1. The molecule has 370 valence electrons. The van der Waals surface area contributed by atoms with Gasteiger partial charge in [-0.2, -0.15) is 28.1 Å². The molecule has 1 aliphatic carbocycles. The van der Waals surface area contributed by atoms with E-state index in [0.717, 1.165) is 24.3 Å². The fourth-order valence-electron chi connectivity index (χ4n) is 6.68. The van der Waals surface area contributed by atoms with E-state index in [1.807, 2.05) is 0 Å². The lowest BCUT2D eigenvalue weighted by molar-refractivity contribution is -0.139. The summed E-state index contributed by atoms with van der Waals surface area (Å²) in [6.45, 7) is 2.98. The highest BCUT2D eigenvalue weighted by atomic mass is 35.5. The SMILES string of the molecule is CCOC(=O)/C(Cl)=C/c1cc(N2C(=O)C3=C(CCCC3)C2=O)ccc1Cl.COc1nc(C)nc(NC(=O)NS(=O)(=O)c2ccccc2CCC(F)(F)F)n1.O=C(O)COc1ccc(Cl)c2cccnc12. The molecular formula is C45H41Cl3F3N7O11S. The summed E-state index contributed by atoms with van der Waals surface area (Å²) in [5.41, 5.74) is 2.54. The number of benzene rings is 3. The van der Waals surface area contributed by atoms with Crippen molar-refractivity contribution in [1.82, 2.24) is 24.7 Å². The number of ether oxygens (including phenoxy) is 3. The second kappa shape index (κ2) is 24.1. The van der Waals surface area contributed by atoms with Crippen LogP contribution in [-0.2, 0) is 40.4 Å². The molecule has 2 aliphatic rings. The molecule has 3 N–H and O–H groups in total. The summed E-state index contributed by atoms with van der Waals surface area (Å²) in [6, 6.07) is 15.4. The van der Waals surface area contributed by atoms with Gasteiger partial charge in [0, 0.05) is 34.2 Å². The first kappa shape index (κ1) is 54.1. The highest BCUT2D eigenvalue weighted by molar-refractivity contribution is 7.90. The van der Waals surface area contributed by atoms with Gasteiger partial charge in [0.2, 0.25) is 5.95 Å². The van der Waals surface area contributed by atoms with Crippen molar-refractivity contribution in [3.8, 4) is 11.8 Å². The predicted octanol–water partition coefficient (Wildman–Crippen LogP) is 8.77. The third-order valence-electron chi connectivity index (χ3n) is 9.71. The summed E-state index contributed by atoms with van der Waals surface area (Å²) in [4.78, 5) is 75.6. The van der Waals surface area contributed by atoms with Crippen LogP contribution < -0.4 is 24.4 Å². The van der Waals surface area contributed by atoms with Gasteiger partial charge in [0.15, 0.2) is 6.61 Å². The smallest absolute Gasteiger partial charge is 0.389 e. The molecule has 0 unspecified atom stereocenters. The number of nitrogens with zero attached hydrogens (tertiary/aromatic N) is 5. The zero-order valence-corrected chi connectivity index (χ0v) is 40.2. The Morgan fingerprint density at radius 1 is 0.929 bits per heavy atom. The van der Waals surface area contributed by atoms with Gasteiger partial charge in [-0.25, -0.2) is 32.4 Å². The Morgan fingerprint density at radius 2 is 1.60 bits per heavy atom. The van der Waals surface area contributed by atoms with Crippen molar-refractivity contribution < 1.29 is 64.9 Å². The Bertz CT molecular complexity index is 2970. The zero-order chi connectivity index (χ0) is 51.3. The van der Waals surface area contributed by atoms with Crippen molar-refractivity contribution in [3.05, 3.63) is 116 Å². The van der Waals surface area contributed by atoms with Crippen molar-refractivity contribution >= 4 is 103 Å². The van der Waals surface area contributed by atoms with Crippen molar-refractivity contribution in [1.29, 1.82) is 0 Å². The van der Waals surface area contributed by atoms with Gasteiger partial charge in [0.05, 0.1) is 29.3 Å². The maximum Gasteiger partial charge on any atom is 0.389 e. The lowest BCUT2D eigenvalue weighted by Gasteiger charge is -2.16. The van der Waals surface area contributed by atoms with Crippen LogP contribution in [-0.4, -0.2) is 89.7 Å². The Balaban J connectivity index is 0.000000202. The standard InChI is InChI=1S/C19H17Cl2NO4.C15H16F3N5O4S.C11H8ClNO3/c1-2-26-19(25)16(21)10-11-9-12(7-8-15(11)20)22-17(23)13-5-3-4-6-14(13)18(22)24;1-9-19-12(22-14(20-9)27-2)21-13(24)23-28(25,26)11-6-4-3-5-10(11)7-8-15(16,17)18;12-8-3-4-9(16-6-10(14)15)11-7(8)2-1-5-13-11/h7-10H,2-6H2,1H3;3-6H,7-8H2,1-2H3,(H2,19,20,21,22,23,24);1-5H,6H2,(H,14,15)/b16-10-;;. The average molecular weight is 1050 g/mol. The van der Waals surface area contributed by atoms with Gasteiger partial charge < -0.3 is 19.3 Å². The van der Waals surface area contributed by atoms with Gasteiger partial charge in [-0.05, 0) is 112 Å². The van der Waals surface area contributed by atoms with Crippen LogP contribution in [0.3, 0.4) is 0 Å². The van der Waals surface area contributed by atoms with Crippen molar-refractivity contribution in [2.75, 3.05) is 30.5 Å². The molecule has 5 aromatic rings. The van der Waals surface area contributed by atoms with Gasteiger partial charge in [0.25, 0.3) is 21.8 Å². The van der Waals surface area contributed by atoms with Gasteiger partial charge in [-0.1, -0.05) is 53.0 Å². The molecular weight excluding hydrogens is 1010 g/mol. The first-order valence-electron chi connectivity index (χ1n) is 20.7. The number of anilines is 2. The molecule has 0 saturated carbocycles. The maximum atomic E-state index is 12.7. The molecule has 70 heavy (non-hydrogen) atoms. The lowest BCUT2D eigenvalue weighted by atomic mass is 9.93. The van der Waals surface area contributed by atoms with Gasteiger partial charge in [0.1, 0.15) is 22.1 Å². The number of halogens is 6. The molecule has 2 aromatic heterocycles. The highest BCUT2D eigenvalue weighted by Gasteiger charge is 2.40. The Labute approximate surface area is 412 Å². The minimum atomic E-state index is -4.45. The van der Waals surface area contributed by atoms with E-state index in [-0.39, 0.29) is 46.8 Å². The molecule has 18 nitrogen and oxygen atoms in total. The second-order valence-corrected chi connectivity index (χ2v) is 17.5. The van der Waals surface area contributed by atoms with Gasteiger partial charge in [-0.15, -0.1) is 0 Å². The van der Waals surface area contributed by atoms with Crippen LogP contribution in [0.4, 0.5) is 29.6 Å². The van der Waals surface area contributed by atoms with Crippen LogP contribution in [0.25, 0.3) is 17.0 Å². The number of carbonyl (C=O) groups excluding carboxylic acids is 4. The summed E-state index contributed by atoms with van der Waals surface area (Å²) in [5.74, 6) is -1.88. The normalized spacial score (nSPS) is 13.6. The third-order valence-corrected chi connectivity index (χ3v) is 12.1. The number of urea groups is 1. The third kappa shape index (κ3) is 14.6. The number of aromatic nitrogens is 4. The summed E-state index contributed by atoms with van der Waals surface area (Å²) in [5, 5.41) is 12.1. The Morgan fingerprint density at radius 3 is 2.24 bits per heavy atom. The number of alkyl halides is 3. The van der Waals surface area contributed by atoms with Crippen LogP contribution in [0.2, 0.25) is 10.0 Å². The first-order chi connectivity index (χ1) is 33.1. The number of methoxy groups -OCH3 is 1. The molecule has 0 radical (unpaired) electrons. The molecule has 0 spiro atoms. The Hall–Kier alpha value is -6.88. The van der Waals surface area contributed by atoms with E-state index < -0.39 is 58.5 Å². The number of fused-ring (bicyclic) bond motifs is 1. The van der Waals surface area contributed by atoms with Gasteiger partial charge in [-0.3, -0.25) is 19.9 Å². The van der Waals surface area contributed by atoms with Crippen molar-refractivity contribution in [2.24, 2.45) is 0 Å². The summed E-state index contributed by atoms with van der Waals surface area (Å²) in [6.07, 6.45) is -0.142. The van der Waals surface area contributed by atoms with Crippen LogP contribution in [0.15, 0.2) is 94.0 Å². The second-order valence-electron chi connectivity index (χ2n) is 14.6. The minimum absolute atomic E-state index is 0.0715. The number of carboxylic acid groups (broad SMARTS) is 1. The fraction of sp³-hybridized carbons (Fsp3) is 0.267. The monoisotopic (exact) mass is 1050 g/mol. The number of aryl methyl sites for hydroxylation is 2. The molecule has 0 saturated heterocycles. The average Bonchev–Trinajstić information content (AvgIpc) is 3.57. The lowest BCUT2D eigenvalue weighted by Crippen LogP contribution is -2.35. The van der Waals surface area contributed by atoms with E-state index in [9.17, 15) is 45.6 Å².